The van der Waals surface area contributed by atoms with Crippen molar-refractivity contribution in [3.05, 3.63) is 35.9 Å². The van der Waals surface area contributed by atoms with E-state index in [-0.39, 0.29) is 26.1 Å². The van der Waals surface area contributed by atoms with E-state index in [9.17, 15) is 28.3 Å². The molecule has 7 nitrogen and oxygen atoms in total. The highest BCUT2D eigenvalue weighted by molar-refractivity contribution is 5.89. The summed E-state index contributed by atoms with van der Waals surface area (Å²) in [5.41, 5.74) is 0.742. The molecule has 0 bridgehead atoms. The molecular formula is C19H22F2N2O5. The van der Waals surface area contributed by atoms with Crippen molar-refractivity contribution < 1.29 is 33.0 Å². The van der Waals surface area contributed by atoms with Crippen LogP contribution < -0.4 is 0 Å². The highest BCUT2D eigenvalue weighted by atomic mass is 19.3. The van der Waals surface area contributed by atoms with E-state index in [1.54, 1.807) is 24.3 Å². The Kier molecular flexibility index (Phi) is 5.81. The number of carbonyl (C=O) groups excluding carboxylic acids is 2. The molecule has 0 spiro atoms. The summed E-state index contributed by atoms with van der Waals surface area (Å²) >= 11 is 0. The lowest BCUT2D eigenvalue weighted by Gasteiger charge is -2.38. The highest BCUT2D eigenvalue weighted by Gasteiger charge is 2.48. The van der Waals surface area contributed by atoms with Crippen molar-refractivity contribution in [3.63, 3.8) is 0 Å². The Bertz CT molecular complexity index is 743. The van der Waals surface area contributed by atoms with Crippen LogP contribution >= 0.6 is 0 Å². The second-order valence-electron chi connectivity index (χ2n) is 7.13. The van der Waals surface area contributed by atoms with Gasteiger partial charge in [-0.25, -0.2) is 18.4 Å². The molecule has 2 amide bonds. The van der Waals surface area contributed by atoms with E-state index in [0.29, 0.717) is 6.42 Å². The standard InChI is InChI=1S/C19H22F2N2O5/c20-19(21)8-10-22(12-19)16(24)14-7-4-9-23(15(14)17(25)26)18(27)28-11-13-5-2-1-3-6-13/h1-3,5-6,14-15H,4,7-12H2,(H,25,26)/t14-,15+/m0/s1. The number of nitrogens with zero attached hydrogens (tertiary/aromatic N) is 2. The van der Waals surface area contributed by atoms with Crippen LogP contribution in [0, 0.1) is 5.92 Å². The van der Waals surface area contributed by atoms with Gasteiger partial charge in [0.2, 0.25) is 5.91 Å². The molecule has 0 unspecified atom stereocenters. The van der Waals surface area contributed by atoms with Crippen molar-refractivity contribution >= 4 is 18.0 Å². The van der Waals surface area contributed by atoms with Gasteiger partial charge in [0.15, 0.2) is 0 Å². The number of aliphatic carboxylic acids is 1. The Balaban J connectivity index is 1.70. The quantitative estimate of drug-likeness (QED) is 0.844. The number of ether oxygens (including phenoxy) is 1. The first-order valence-corrected chi connectivity index (χ1v) is 9.15. The first kappa shape index (κ1) is 20.0. The second-order valence-corrected chi connectivity index (χ2v) is 7.13. The molecule has 2 aliphatic rings. The molecule has 2 fully saturated rings. The predicted octanol–water partition coefficient (Wildman–Crippen LogP) is 2.36. The van der Waals surface area contributed by atoms with E-state index >= 15 is 0 Å². The molecule has 2 heterocycles. The summed E-state index contributed by atoms with van der Waals surface area (Å²) in [4.78, 5) is 39.0. The maximum absolute atomic E-state index is 13.4. The molecule has 0 radical (unpaired) electrons. The van der Waals surface area contributed by atoms with Gasteiger partial charge < -0.3 is 14.7 Å². The van der Waals surface area contributed by atoms with Gasteiger partial charge >= 0.3 is 12.1 Å². The van der Waals surface area contributed by atoms with E-state index < -0.39 is 48.8 Å². The van der Waals surface area contributed by atoms with Gasteiger partial charge in [-0.1, -0.05) is 30.3 Å². The average molecular weight is 396 g/mol. The van der Waals surface area contributed by atoms with Gasteiger partial charge in [-0.05, 0) is 18.4 Å². The average Bonchev–Trinajstić information content (AvgIpc) is 3.05. The van der Waals surface area contributed by atoms with Gasteiger partial charge in [0.25, 0.3) is 5.92 Å². The summed E-state index contributed by atoms with van der Waals surface area (Å²) in [6.07, 6.45) is -0.655. The number of halogens is 2. The van der Waals surface area contributed by atoms with Crippen LogP contribution in [-0.4, -0.2) is 64.5 Å². The molecule has 1 aromatic carbocycles. The lowest BCUT2D eigenvalue weighted by molar-refractivity contribution is -0.153. The minimum atomic E-state index is -2.96. The molecule has 0 saturated carbocycles. The monoisotopic (exact) mass is 396 g/mol. The molecular weight excluding hydrogens is 374 g/mol. The van der Waals surface area contributed by atoms with Crippen LogP contribution in [0.2, 0.25) is 0 Å². The fourth-order valence-corrected chi connectivity index (χ4v) is 3.73. The van der Waals surface area contributed by atoms with Crippen molar-refractivity contribution in [2.75, 3.05) is 19.6 Å². The fourth-order valence-electron chi connectivity index (χ4n) is 3.73. The summed E-state index contributed by atoms with van der Waals surface area (Å²) in [7, 11) is 0. The van der Waals surface area contributed by atoms with Gasteiger partial charge in [-0.15, -0.1) is 0 Å². The van der Waals surface area contributed by atoms with Crippen molar-refractivity contribution in [1.29, 1.82) is 0 Å². The number of likely N-dealkylation sites (tertiary alicyclic amines) is 2. The number of carbonyl (C=O) groups is 3. The third-order valence-corrected chi connectivity index (χ3v) is 5.12. The minimum absolute atomic E-state index is 0.0283. The third-order valence-electron chi connectivity index (χ3n) is 5.12. The zero-order valence-corrected chi connectivity index (χ0v) is 15.2. The van der Waals surface area contributed by atoms with Crippen molar-refractivity contribution in [2.24, 2.45) is 5.92 Å². The van der Waals surface area contributed by atoms with Crippen LogP contribution in [0.1, 0.15) is 24.8 Å². The zero-order valence-electron chi connectivity index (χ0n) is 15.2. The van der Waals surface area contributed by atoms with Crippen molar-refractivity contribution in [3.8, 4) is 0 Å². The molecule has 3 rings (SSSR count). The molecule has 0 aliphatic carbocycles. The lowest BCUT2D eigenvalue weighted by atomic mass is 9.88. The largest absolute Gasteiger partial charge is 0.480 e. The number of carboxylic acid groups (broad SMARTS) is 1. The zero-order chi connectivity index (χ0) is 20.3. The predicted molar refractivity (Wildman–Crippen MR) is 93.6 cm³/mol. The maximum atomic E-state index is 13.4. The molecule has 28 heavy (non-hydrogen) atoms. The number of hydrogen-bond acceptors (Lipinski definition) is 4. The number of alkyl halides is 2. The first-order chi connectivity index (χ1) is 13.3. The van der Waals surface area contributed by atoms with E-state index in [2.05, 4.69) is 0 Å². The number of hydrogen-bond donors (Lipinski definition) is 1. The normalized spacial score (nSPS) is 24.1. The SMILES string of the molecule is O=C(O)[C@H]1[C@@H](C(=O)N2CCC(F)(F)C2)CCCN1C(=O)OCc1ccccc1. The molecule has 9 heteroatoms. The smallest absolute Gasteiger partial charge is 0.410 e. The van der Waals surface area contributed by atoms with Crippen LogP contribution in [0.25, 0.3) is 0 Å². The lowest BCUT2D eigenvalue weighted by Crippen LogP contribution is -2.57. The number of carboxylic acids is 1. The summed E-state index contributed by atoms with van der Waals surface area (Å²) < 4.78 is 32.1. The Morgan fingerprint density at radius 1 is 1.18 bits per heavy atom. The number of benzene rings is 1. The molecule has 1 aromatic rings. The van der Waals surface area contributed by atoms with Gasteiger partial charge in [-0.3, -0.25) is 9.69 Å². The Hall–Kier alpha value is -2.71. The van der Waals surface area contributed by atoms with Crippen LogP contribution in [-0.2, 0) is 20.9 Å². The summed E-state index contributed by atoms with van der Waals surface area (Å²) in [5, 5.41) is 9.64. The first-order valence-electron chi connectivity index (χ1n) is 9.15. The molecule has 1 N–H and O–H groups in total. The van der Waals surface area contributed by atoms with E-state index in [1.807, 2.05) is 6.07 Å². The summed E-state index contributed by atoms with van der Waals surface area (Å²) in [6, 6.07) is 7.47. The van der Waals surface area contributed by atoms with Gasteiger partial charge in [0.1, 0.15) is 12.6 Å². The number of amides is 2. The van der Waals surface area contributed by atoms with Gasteiger partial charge in [0.05, 0.1) is 12.5 Å². The van der Waals surface area contributed by atoms with E-state index in [1.165, 1.54) is 0 Å². The Morgan fingerprint density at radius 2 is 1.89 bits per heavy atom. The van der Waals surface area contributed by atoms with Gasteiger partial charge in [0, 0.05) is 19.5 Å². The molecule has 2 aliphatic heterocycles. The highest BCUT2D eigenvalue weighted by Crippen LogP contribution is 2.32. The third kappa shape index (κ3) is 4.40. The van der Waals surface area contributed by atoms with Crippen molar-refractivity contribution in [1.82, 2.24) is 9.80 Å². The molecule has 2 atom stereocenters. The number of rotatable bonds is 4. The van der Waals surface area contributed by atoms with Gasteiger partial charge in [-0.2, -0.15) is 0 Å². The molecule has 2 saturated heterocycles. The molecule has 152 valence electrons. The second kappa shape index (κ2) is 8.12. The van der Waals surface area contributed by atoms with Crippen LogP contribution in [0.5, 0.6) is 0 Å². The Morgan fingerprint density at radius 3 is 2.50 bits per heavy atom. The Labute approximate surface area is 160 Å². The fraction of sp³-hybridized carbons (Fsp3) is 0.526. The number of piperidine rings is 1. The van der Waals surface area contributed by atoms with E-state index in [4.69, 9.17) is 4.74 Å². The summed E-state index contributed by atoms with van der Waals surface area (Å²) in [6.45, 7) is -0.732. The van der Waals surface area contributed by atoms with Crippen molar-refractivity contribution in [2.45, 2.75) is 37.8 Å². The van der Waals surface area contributed by atoms with E-state index in [0.717, 1.165) is 15.4 Å². The molecule has 0 aromatic heterocycles. The van der Waals surface area contributed by atoms with Crippen LogP contribution in [0.4, 0.5) is 13.6 Å². The van der Waals surface area contributed by atoms with Crippen LogP contribution in [0.3, 0.4) is 0 Å². The topological polar surface area (TPSA) is 87.2 Å². The maximum Gasteiger partial charge on any atom is 0.410 e. The summed E-state index contributed by atoms with van der Waals surface area (Å²) in [5.74, 6) is -6.02. The van der Waals surface area contributed by atoms with Crippen LogP contribution in [0.15, 0.2) is 30.3 Å². The minimum Gasteiger partial charge on any atom is -0.480 e.